The molecule has 0 unspecified atom stereocenters. The molecule has 0 radical (unpaired) electrons. The van der Waals surface area contributed by atoms with E-state index in [4.69, 9.17) is 9.84 Å². The lowest BCUT2D eigenvalue weighted by Gasteiger charge is -2.68. The number of esters is 1. The Hall–Kier alpha value is -1.06. The van der Waals surface area contributed by atoms with Crippen LogP contribution in [-0.2, 0) is 14.3 Å². The van der Waals surface area contributed by atoms with Gasteiger partial charge in [0, 0.05) is 0 Å². The molecule has 3 aliphatic rings. The summed E-state index contributed by atoms with van der Waals surface area (Å²) in [4.78, 5) is 22.5. The van der Waals surface area contributed by atoms with Crippen LogP contribution < -0.4 is 0 Å². The van der Waals surface area contributed by atoms with Gasteiger partial charge in [0.1, 0.15) is 5.60 Å². The Morgan fingerprint density at radius 3 is 2.12 bits per heavy atom. The molecule has 0 heterocycles. The molecule has 4 heteroatoms. The molecule has 0 amide bonds. The van der Waals surface area contributed by atoms with Gasteiger partial charge in [-0.15, -0.1) is 0 Å². The number of rotatable bonds is 3. The fourth-order valence-electron chi connectivity index (χ4n) is 3.10. The maximum atomic E-state index is 11.6. The monoisotopic (exact) mass is 226 g/mol. The van der Waals surface area contributed by atoms with Gasteiger partial charge in [0.2, 0.25) is 0 Å². The van der Waals surface area contributed by atoms with Gasteiger partial charge in [0.15, 0.2) is 0 Å². The summed E-state index contributed by atoms with van der Waals surface area (Å²) in [5.74, 6) is -0.912. The Morgan fingerprint density at radius 2 is 1.75 bits per heavy atom. The van der Waals surface area contributed by atoms with Crippen LogP contribution in [-0.4, -0.2) is 22.6 Å². The Kier molecular flexibility index (Phi) is 2.14. The van der Waals surface area contributed by atoms with Crippen molar-refractivity contribution in [2.45, 2.75) is 52.1 Å². The van der Waals surface area contributed by atoms with E-state index in [1.165, 1.54) is 0 Å². The van der Waals surface area contributed by atoms with E-state index in [-0.39, 0.29) is 11.4 Å². The highest BCUT2D eigenvalue weighted by atomic mass is 16.6. The van der Waals surface area contributed by atoms with Crippen LogP contribution in [0.5, 0.6) is 0 Å². The first-order valence-electron chi connectivity index (χ1n) is 5.62. The molecule has 3 saturated carbocycles. The summed E-state index contributed by atoms with van der Waals surface area (Å²) in [5.41, 5.74) is -1.01. The minimum Gasteiger partial charge on any atom is -0.481 e. The highest BCUT2D eigenvalue weighted by Gasteiger charge is 2.72. The first-order chi connectivity index (χ1) is 7.17. The molecule has 90 valence electrons. The largest absolute Gasteiger partial charge is 0.481 e. The molecule has 0 aromatic heterocycles. The van der Waals surface area contributed by atoms with E-state index in [2.05, 4.69) is 0 Å². The number of carbonyl (C=O) groups is 2. The van der Waals surface area contributed by atoms with Crippen molar-refractivity contribution in [3.05, 3.63) is 0 Å². The Morgan fingerprint density at radius 1 is 1.25 bits per heavy atom. The van der Waals surface area contributed by atoms with Crippen molar-refractivity contribution in [3.8, 4) is 0 Å². The number of hydrogen-bond acceptors (Lipinski definition) is 3. The molecular formula is C12H18O4. The van der Waals surface area contributed by atoms with Crippen molar-refractivity contribution in [1.29, 1.82) is 0 Å². The number of carboxylic acids is 1. The third-order valence-electron chi connectivity index (χ3n) is 3.53. The molecular weight excluding hydrogens is 208 g/mol. The molecule has 0 aromatic carbocycles. The molecule has 2 bridgehead atoms. The van der Waals surface area contributed by atoms with Crippen LogP contribution in [0.15, 0.2) is 0 Å². The van der Waals surface area contributed by atoms with Gasteiger partial charge in [-0.05, 0) is 45.4 Å². The third-order valence-corrected chi connectivity index (χ3v) is 3.53. The van der Waals surface area contributed by atoms with Crippen LogP contribution >= 0.6 is 0 Å². The Labute approximate surface area is 95.0 Å². The summed E-state index contributed by atoms with van der Waals surface area (Å²) in [7, 11) is 0. The maximum absolute atomic E-state index is 11.6. The fourth-order valence-corrected chi connectivity index (χ4v) is 3.10. The average molecular weight is 226 g/mol. The van der Waals surface area contributed by atoms with Crippen LogP contribution in [0.2, 0.25) is 0 Å². The summed E-state index contributed by atoms with van der Waals surface area (Å²) in [6, 6.07) is 0. The van der Waals surface area contributed by atoms with Gasteiger partial charge in [-0.25, -0.2) is 0 Å². The Balaban J connectivity index is 1.83. The van der Waals surface area contributed by atoms with Gasteiger partial charge in [-0.2, -0.15) is 0 Å². The van der Waals surface area contributed by atoms with Gasteiger partial charge in [-0.3, -0.25) is 9.59 Å². The molecule has 0 aliphatic heterocycles. The van der Waals surface area contributed by atoms with E-state index in [0.29, 0.717) is 25.7 Å². The average Bonchev–Trinajstić information content (AvgIpc) is 1.88. The molecule has 0 spiro atoms. The van der Waals surface area contributed by atoms with Gasteiger partial charge >= 0.3 is 11.9 Å². The summed E-state index contributed by atoms with van der Waals surface area (Å²) in [5, 5.41) is 8.95. The van der Waals surface area contributed by atoms with Gasteiger partial charge < -0.3 is 9.84 Å². The van der Waals surface area contributed by atoms with Gasteiger partial charge in [-0.1, -0.05) is 0 Å². The van der Waals surface area contributed by atoms with Crippen molar-refractivity contribution in [1.82, 2.24) is 0 Å². The summed E-state index contributed by atoms with van der Waals surface area (Å²) in [6.45, 7) is 5.52. The van der Waals surface area contributed by atoms with Crippen molar-refractivity contribution in [2.24, 2.45) is 10.8 Å². The van der Waals surface area contributed by atoms with Crippen LogP contribution in [0.25, 0.3) is 0 Å². The lowest BCUT2D eigenvalue weighted by atomic mass is 9.34. The number of carbonyl (C=O) groups excluding carboxylic acids is 1. The molecule has 3 aliphatic carbocycles. The van der Waals surface area contributed by atoms with E-state index >= 15 is 0 Å². The van der Waals surface area contributed by atoms with Crippen molar-refractivity contribution >= 4 is 11.9 Å². The van der Waals surface area contributed by atoms with Crippen LogP contribution in [0.1, 0.15) is 46.5 Å². The zero-order valence-electron chi connectivity index (χ0n) is 10.0. The molecule has 1 N–H and O–H groups in total. The van der Waals surface area contributed by atoms with E-state index in [1.54, 1.807) is 0 Å². The summed E-state index contributed by atoms with van der Waals surface area (Å²) in [6.07, 6.45) is 2.32. The van der Waals surface area contributed by atoms with Gasteiger partial charge in [0.05, 0.1) is 11.8 Å². The minimum atomic E-state index is -0.710. The molecule has 0 atom stereocenters. The predicted octanol–water partition coefficient (Wildman–Crippen LogP) is 1.97. The molecule has 0 saturated heterocycles. The van der Waals surface area contributed by atoms with Crippen molar-refractivity contribution < 1.29 is 19.4 Å². The van der Waals surface area contributed by atoms with E-state index in [1.807, 2.05) is 20.8 Å². The second-order valence-corrected chi connectivity index (χ2v) is 6.38. The van der Waals surface area contributed by atoms with Crippen molar-refractivity contribution in [3.63, 3.8) is 0 Å². The third kappa shape index (κ3) is 1.70. The smallest absolute Gasteiger partial charge is 0.309 e. The second kappa shape index (κ2) is 2.99. The topological polar surface area (TPSA) is 63.6 Å². The number of hydrogen-bond donors (Lipinski definition) is 1. The molecule has 3 rings (SSSR count). The standard InChI is InChI=1S/C12H18O4/c1-10(2,3)16-8(13)4-11-5-12(6-11,7-11)9(14)15/h4-7H2,1-3H3,(H,14,15). The van der Waals surface area contributed by atoms with Crippen LogP contribution in [0.4, 0.5) is 0 Å². The normalized spacial score (nSPS) is 35.9. The minimum absolute atomic E-state index is 0.0548. The summed E-state index contributed by atoms with van der Waals surface area (Å²) < 4.78 is 5.24. The number of ether oxygens (including phenoxy) is 1. The highest BCUT2D eigenvalue weighted by Crippen LogP contribution is 2.74. The van der Waals surface area contributed by atoms with Gasteiger partial charge in [0.25, 0.3) is 0 Å². The van der Waals surface area contributed by atoms with E-state index in [9.17, 15) is 9.59 Å². The van der Waals surface area contributed by atoms with Crippen molar-refractivity contribution in [2.75, 3.05) is 0 Å². The molecule has 3 fully saturated rings. The first-order valence-corrected chi connectivity index (χ1v) is 5.62. The molecule has 4 nitrogen and oxygen atoms in total. The molecule has 0 aromatic rings. The quantitative estimate of drug-likeness (QED) is 0.747. The lowest BCUT2D eigenvalue weighted by molar-refractivity contribution is -0.229. The lowest BCUT2D eigenvalue weighted by Crippen LogP contribution is -2.65. The highest BCUT2D eigenvalue weighted by molar-refractivity contribution is 5.81. The number of aliphatic carboxylic acids is 1. The Bertz CT molecular complexity index is 331. The zero-order valence-corrected chi connectivity index (χ0v) is 10.0. The predicted molar refractivity (Wildman–Crippen MR) is 56.8 cm³/mol. The summed E-state index contributed by atoms with van der Waals surface area (Å²) >= 11 is 0. The van der Waals surface area contributed by atoms with E-state index < -0.39 is 17.0 Å². The first kappa shape index (κ1) is 11.4. The second-order valence-electron chi connectivity index (χ2n) is 6.38. The van der Waals surface area contributed by atoms with Crippen LogP contribution in [0.3, 0.4) is 0 Å². The van der Waals surface area contributed by atoms with Crippen LogP contribution in [0, 0.1) is 10.8 Å². The molecule has 16 heavy (non-hydrogen) atoms. The van der Waals surface area contributed by atoms with E-state index in [0.717, 1.165) is 0 Å². The fraction of sp³-hybridized carbons (Fsp3) is 0.833. The maximum Gasteiger partial charge on any atom is 0.309 e. The zero-order chi connectivity index (χ0) is 12.2. The number of carboxylic acid groups (broad SMARTS) is 1. The SMILES string of the molecule is CC(C)(C)OC(=O)CC12CC(C(=O)O)(C1)C2.